The average Bonchev–Trinajstić information content (AvgIpc) is 3.59. The lowest BCUT2D eigenvalue weighted by atomic mass is 9.86. The van der Waals surface area contributed by atoms with Gasteiger partial charge >= 0.3 is 0 Å². The highest BCUT2D eigenvalue weighted by molar-refractivity contribution is 5.61. The number of benzene rings is 1. The number of piperazine rings is 1. The molecule has 202 valence electrons. The van der Waals surface area contributed by atoms with Gasteiger partial charge in [0.25, 0.3) is 0 Å². The van der Waals surface area contributed by atoms with Crippen molar-refractivity contribution < 1.29 is 4.39 Å². The third-order valence-electron chi connectivity index (χ3n) is 7.61. The van der Waals surface area contributed by atoms with Gasteiger partial charge in [0.05, 0.1) is 5.69 Å². The van der Waals surface area contributed by atoms with E-state index in [0.29, 0.717) is 23.7 Å². The summed E-state index contributed by atoms with van der Waals surface area (Å²) in [5, 5.41) is 14.2. The molecule has 2 N–H and O–H groups in total. The van der Waals surface area contributed by atoms with E-state index in [0.717, 1.165) is 53.9 Å². The molecule has 5 aromatic rings. The minimum Gasteiger partial charge on any atom is -0.353 e. The number of nitrogens with zero attached hydrogens (tertiary/aromatic N) is 8. The lowest BCUT2D eigenvalue weighted by Crippen LogP contribution is -2.68. The van der Waals surface area contributed by atoms with Crippen molar-refractivity contribution in [3.63, 3.8) is 0 Å². The van der Waals surface area contributed by atoms with Crippen molar-refractivity contribution in [2.75, 3.05) is 23.3 Å². The Morgan fingerprint density at radius 2 is 1.80 bits per heavy atom. The summed E-state index contributed by atoms with van der Waals surface area (Å²) in [5.74, 6) is 2.55. The first-order valence-corrected chi connectivity index (χ1v) is 13.4. The molecule has 3 saturated heterocycles. The minimum atomic E-state index is -0.475. The number of H-pyrrole nitrogens is 1. The first-order valence-electron chi connectivity index (χ1n) is 13.4. The van der Waals surface area contributed by atoms with Gasteiger partial charge in [0.15, 0.2) is 11.6 Å². The molecule has 3 fully saturated rings. The zero-order valence-electron chi connectivity index (χ0n) is 22.3. The standard InChI is InChI=1S/C29H29FN10/c1-18-11-26(33-27-12-19(2)35-36-27)34-29(32-18)21-5-8-28(31-14-21)38-16-23-13-24(17-38)39(23)15-20-3-6-22(7-4-20)40-10-9-25(30)37-40/h3-12,14,23-24H,13,15-17H2,1-2H3,(H2,32,33,34,35,36). The topological polar surface area (TPSA) is 104 Å². The Morgan fingerprint density at radius 3 is 2.48 bits per heavy atom. The largest absolute Gasteiger partial charge is 0.353 e. The molecule has 0 spiro atoms. The Morgan fingerprint density at radius 1 is 0.975 bits per heavy atom. The van der Waals surface area contributed by atoms with E-state index < -0.39 is 5.95 Å². The molecule has 4 aromatic heterocycles. The maximum Gasteiger partial charge on any atom is 0.233 e. The van der Waals surface area contributed by atoms with Gasteiger partial charge in [-0.2, -0.15) is 9.49 Å². The van der Waals surface area contributed by atoms with Crippen molar-refractivity contribution in [3.05, 3.63) is 89.9 Å². The molecule has 3 aliphatic rings. The number of nitrogens with one attached hydrogen (secondary N) is 2. The van der Waals surface area contributed by atoms with E-state index in [1.807, 2.05) is 50.4 Å². The van der Waals surface area contributed by atoms with E-state index in [1.54, 1.807) is 10.9 Å². The monoisotopic (exact) mass is 536 g/mol. The van der Waals surface area contributed by atoms with Crippen LogP contribution in [0.5, 0.6) is 0 Å². The van der Waals surface area contributed by atoms with Gasteiger partial charge < -0.3 is 10.2 Å². The van der Waals surface area contributed by atoms with Crippen LogP contribution in [0.1, 0.15) is 23.4 Å². The number of rotatable bonds is 7. The van der Waals surface area contributed by atoms with Crippen molar-refractivity contribution in [1.82, 2.24) is 39.8 Å². The van der Waals surface area contributed by atoms with Crippen LogP contribution in [-0.4, -0.2) is 65.0 Å². The van der Waals surface area contributed by atoms with Crippen LogP contribution in [0.2, 0.25) is 0 Å². The summed E-state index contributed by atoms with van der Waals surface area (Å²) in [5.41, 5.74) is 4.82. The Kier molecular flexibility index (Phi) is 6.00. The van der Waals surface area contributed by atoms with E-state index >= 15 is 0 Å². The van der Waals surface area contributed by atoms with Gasteiger partial charge in [-0.1, -0.05) is 12.1 Å². The van der Waals surface area contributed by atoms with Crippen molar-refractivity contribution in [2.45, 2.75) is 38.9 Å². The molecule has 2 atom stereocenters. The predicted octanol–water partition coefficient (Wildman–Crippen LogP) is 4.41. The van der Waals surface area contributed by atoms with E-state index in [2.05, 4.69) is 58.6 Å². The minimum absolute atomic E-state index is 0.475. The SMILES string of the molecule is Cc1cc(Nc2cc(C)[nH]n2)nc(-c2ccc(N3CC4CC(C3)N4Cc3ccc(-n4ccc(F)n4)cc3)nc2)n1. The van der Waals surface area contributed by atoms with Gasteiger partial charge in [0.2, 0.25) is 5.95 Å². The van der Waals surface area contributed by atoms with Crippen LogP contribution in [0.4, 0.5) is 21.8 Å². The van der Waals surface area contributed by atoms with Crippen molar-refractivity contribution >= 4 is 17.5 Å². The van der Waals surface area contributed by atoms with Gasteiger partial charge in [-0.25, -0.2) is 19.6 Å². The number of anilines is 3. The van der Waals surface area contributed by atoms with Gasteiger partial charge in [0.1, 0.15) is 11.6 Å². The summed E-state index contributed by atoms with van der Waals surface area (Å²) in [4.78, 5) is 19.0. The lowest BCUT2D eigenvalue weighted by Gasteiger charge is -2.56. The number of piperidine rings is 1. The molecular formula is C29H29FN10. The summed E-state index contributed by atoms with van der Waals surface area (Å²) in [6.07, 6.45) is 4.70. The van der Waals surface area contributed by atoms with Crippen molar-refractivity contribution in [1.29, 1.82) is 0 Å². The number of aromatic amines is 1. The molecule has 0 saturated carbocycles. The van der Waals surface area contributed by atoms with Crippen molar-refractivity contribution in [3.8, 4) is 17.1 Å². The molecule has 1 aromatic carbocycles. The molecule has 10 nitrogen and oxygen atoms in total. The van der Waals surface area contributed by atoms with E-state index in [9.17, 15) is 4.39 Å². The first kappa shape index (κ1) is 24.4. The normalized spacial score (nSPS) is 18.5. The Balaban J connectivity index is 0.991. The summed E-state index contributed by atoms with van der Waals surface area (Å²) in [6.45, 7) is 6.71. The van der Waals surface area contributed by atoms with Gasteiger partial charge in [-0.15, -0.1) is 5.10 Å². The molecule has 8 rings (SSSR count). The molecule has 2 bridgehead atoms. The van der Waals surface area contributed by atoms with Crippen LogP contribution in [-0.2, 0) is 6.54 Å². The molecule has 40 heavy (non-hydrogen) atoms. The second kappa shape index (κ2) is 9.83. The molecule has 3 aliphatic heterocycles. The van der Waals surface area contributed by atoms with Crippen LogP contribution in [0.25, 0.3) is 17.1 Å². The molecule has 0 aliphatic carbocycles. The number of halogens is 1. The fourth-order valence-electron chi connectivity index (χ4n) is 5.62. The Bertz CT molecular complexity index is 1630. The fourth-order valence-corrected chi connectivity index (χ4v) is 5.62. The van der Waals surface area contributed by atoms with Crippen molar-refractivity contribution in [2.24, 2.45) is 0 Å². The van der Waals surface area contributed by atoms with Gasteiger partial charge in [0, 0.05) is 79.3 Å². The Hall–Kier alpha value is -4.64. The molecule has 2 unspecified atom stereocenters. The molecule has 7 heterocycles. The smallest absolute Gasteiger partial charge is 0.233 e. The highest BCUT2D eigenvalue weighted by Gasteiger charge is 2.44. The van der Waals surface area contributed by atoms with Gasteiger partial charge in [-0.05, 0) is 50.1 Å². The predicted molar refractivity (Wildman–Crippen MR) is 150 cm³/mol. The second-order valence-electron chi connectivity index (χ2n) is 10.6. The van der Waals surface area contributed by atoms with Crippen LogP contribution >= 0.6 is 0 Å². The first-order chi connectivity index (χ1) is 19.5. The van der Waals surface area contributed by atoms with E-state index in [1.165, 1.54) is 18.1 Å². The third kappa shape index (κ3) is 4.79. The fraction of sp³-hybridized carbons (Fsp3) is 0.276. The van der Waals surface area contributed by atoms with Crippen LogP contribution in [0, 0.1) is 19.8 Å². The van der Waals surface area contributed by atoms with Crippen LogP contribution in [0.15, 0.2) is 67.0 Å². The van der Waals surface area contributed by atoms with E-state index in [-0.39, 0.29) is 0 Å². The zero-order chi connectivity index (χ0) is 27.2. The zero-order valence-corrected chi connectivity index (χ0v) is 22.3. The molecule has 0 amide bonds. The quantitative estimate of drug-likeness (QED) is 0.315. The number of aromatic nitrogens is 7. The van der Waals surface area contributed by atoms with Gasteiger partial charge in [-0.3, -0.25) is 10.00 Å². The maximum absolute atomic E-state index is 13.2. The van der Waals surface area contributed by atoms with Crippen LogP contribution in [0.3, 0.4) is 0 Å². The summed E-state index contributed by atoms with van der Waals surface area (Å²) in [7, 11) is 0. The van der Waals surface area contributed by atoms with Crippen LogP contribution < -0.4 is 10.2 Å². The lowest BCUT2D eigenvalue weighted by molar-refractivity contribution is -0.00867. The summed E-state index contributed by atoms with van der Waals surface area (Å²) in [6, 6.07) is 18.5. The average molecular weight is 537 g/mol. The summed E-state index contributed by atoms with van der Waals surface area (Å²) >= 11 is 0. The van der Waals surface area contributed by atoms with E-state index in [4.69, 9.17) is 4.98 Å². The number of hydrogen-bond donors (Lipinski definition) is 2. The maximum atomic E-state index is 13.2. The number of fused-ring (bicyclic) bond motifs is 2. The number of aryl methyl sites for hydroxylation is 2. The summed E-state index contributed by atoms with van der Waals surface area (Å²) < 4.78 is 14.8. The second-order valence-corrected chi connectivity index (χ2v) is 10.6. The number of pyridine rings is 1. The molecule has 11 heteroatoms. The number of hydrogen-bond acceptors (Lipinski definition) is 8. The highest BCUT2D eigenvalue weighted by atomic mass is 19.1. The Labute approximate surface area is 230 Å². The highest BCUT2D eigenvalue weighted by Crippen LogP contribution is 2.35. The molecular weight excluding hydrogens is 507 g/mol. The molecule has 0 radical (unpaired) electrons. The third-order valence-corrected chi connectivity index (χ3v) is 7.61.